The van der Waals surface area contributed by atoms with Crippen molar-refractivity contribution in [1.29, 1.82) is 0 Å². The molecule has 3 aromatic carbocycles. The van der Waals surface area contributed by atoms with Crippen molar-refractivity contribution in [2.24, 2.45) is 4.99 Å². The Bertz CT molecular complexity index is 1040. The number of hydrogen-bond acceptors (Lipinski definition) is 5. The summed E-state index contributed by atoms with van der Waals surface area (Å²) in [4.78, 5) is 17.1. The van der Waals surface area contributed by atoms with Crippen LogP contribution in [0.4, 0.5) is 11.4 Å². The Morgan fingerprint density at radius 1 is 1.00 bits per heavy atom. The number of hydrogen-bond donors (Lipinski definition) is 2. The first-order valence-corrected chi connectivity index (χ1v) is 10.8. The zero-order chi connectivity index (χ0) is 20.8. The highest BCUT2D eigenvalue weighted by Gasteiger charge is 2.19. The lowest BCUT2D eigenvalue weighted by atomic mass is 10.1. The molecular weight excluding hydrogens is 394 g/mol. The van der Waals surface area contributed by atoms with E-state index in [2.05, 4.69) is 22.4 Å². The molecule has 4 rings (SSSR count). The second-order valence-corrected chi connectivity index (χ2v) is 8.00. The van der Waals surface area contributed by atoms with E-state index >= 15 is 0 Å². The number of nitrogens with two attached hydrogens (primary N) is 1. The Kier molecular flexibility index (Phi) is 6.35. The number of ether oxygens (including phenoxy) is 1. The summed E-state index contributed by atoms with van der Waals surface area (Å²) in [7, 11) is 0. The van der Waals surface area contributed by atoms with Gasteiger partial charge in [0.05, 0.1) is 17.4 Å². The van der Waals surface area contributed by atoms with Crippen LogP contribution in [0.25, 0.3) is 0 Å². The monoisotopic (exact) mass is 417 g/mol. The molecular formula is C24H23N3O2S. The number of carbonyl (C=O) groups is 1. The average Bonchev–Trinajstić information content (AvgIpc) is 3.22. The minimum absolute atomic E-state index is 0.173. The van der Waals surface area contributed by atoms with E-state index in [9.17, 15) is 4.79 Å². The zero-order valence-corrected chi connectivity index (χ0v) is 17.3. The number of nitrogens with one attached hydrogen (secondary N) is 1. The van der Waals surface area contributed by atoms with Crippen LogP contribution < -0.4 is 11.1 Å². The molecule has 30 heavy (non-hydrogen) atoms. The summed E-state index contributed by atoms with van der Waals surface area (Å²) in [5, 5.41) is 3.57. The average molecular weight is 418 g/mol. The zero-order valence-electron chi connectivity index (χ0n) is 16.5. The number of benzene rings is 3. The standard InChI is InChI=1S/C24H23N3O2S/c25-21-8-4-5-9-22(21)27-23(28)19-12-10-18(11-13-19)16-30-24-26-20(15-29-24)14-17-6-2-1-3-7-17/h1-13,20H,14-16,25H2,(H,27,28)/t20-/m0/s1. The van der Waals surface area contributed by atoms with Gasteiger partial charge in [0.2, 0.25) is 5.23 Å². The molecule has 0 fully saturated rings. The predicted molar refractivity (Wildman–Crippen MR) is 124 cm³/mol. The third-order valence-electron chi connectivity index (χ3n) is 4.79. The number of rotatable bonds is 6. The highest BCUT2D eigenvalue weighted by molar-refractivity contribution is 8.12. The molecule has 3 N–H and O–H groups in total. The SMILES string of the molecule is Nc1ccccc1NC(=O)c1ccc(CSC2=N[C@@H](Cc3ccccc3)CO2)cc1. The van der Waals surface area contributed by atoms with E-state index in [4.69, 9.17) is 10.5 Å². The smallest absolute Gasteiger partial charge is 0.255 e. The van der Waals surface area contributed by atoms with Gasteiger partial charge in [-0.2, -0.15) is 0 Å². The lowest BCUT2D eigenvalue weighted by molar-refractivity contribution is 0.102. The number of carbonyl (C=O) groups excluding carboxylic acids is 1. The maximum atomic E-state index is 12.4. The predicted octanol–water partition coefficient (Wildman–Crippen LogP) is 4.75. The molecule has 0 radical (unpaired) electrons. The lowest BCUT2D eigenvalue weighted by Gasteiger charge is -2.08. The van der Waals surface area contributed by atoms with Crippen LogP contribution in [-0.4, -0.2) is 23.8 Å². The third-order valence-corrected chi connectivity index (χ3v) is 5.74. The fourth-order valence-corrected chi connectivity index (χ4v) is 4.02. The number of para-hydroxylation sites is 2. The third kappa shape index (κ3) is 5.21. The van der Waals surface area contributed by atoms with Gasteiger partial charge in [0.1, 0.15) is 6.61 Å². The number of nitrogens with zero attached hydrogens (tertiary/aromatic N) is 1. The van der Waals surface area contributed by atoms with Crippen LogP contribution in [0.5, 0.6) is 0 Å². The minimum Gasteiger partial charge on any atom is -0.471 e. The Morgan fingerprint density at radius 2 is 1.73 bits per heavy atom. The quantitative estimate of drug-likeness (QED) is 0.568. The van der Waals surface area contributed by atoms with Crippen molar-refractivity contribution in [1.82, 2.24) is 0 Å². The Hall–Kier alpha value is -3.25. The highest BCUT2D eigenvalue weighted by Crippen LogP contribution is 2.22. The molecule has 0 bridgehead atoms. The van der Waals surface area contributed by atoms with Crippen molar-refractivity contribution < 1.29 is 9.53 Å². The van der Waals surface area contributed by atoms with Crippen molar-refractivity contribution in [2.75, 3.05) is 17.7 Å². The van der Waals surface area contributed by atoms with Gasteiger partial charge >= 0.3 is 0 Å². The normalized spacial score (nSPS) is 15.3. The van der Waals surface area contributed by atoms with Gasteiger partial charge < -0.3 is 15.8 Å². The molecule has 0 saturated heterocycles. The summed E-state index contributed by atoms with van der Waals surface area (Å²) in [5.74, 6) is 0.559. The molecule has 0 spiro atoms. The van der Waals surface area contributed by atoms with Crippen molar-refractivity contribution in [2.45, 2.75) is 18.2 Å². The summed E-state index contributed by atoms with van der Waals surface area (Å²) in [6.07, 6.45) is 0.890. The number of thioether (sulfide) groups is 1. The van der Waals surface area contributed by atoms with Crippen LogP contribution in [0.3, 0.4) is 0 Å². The first kappa shape index (κ1) is 20.0. The van der Waals surface area contributed by atoms with E-state index in [0.29, 0.717) is 23.5 Å². The van der Waals surface area contributed by atoms with Crippen LogP contribution in [0.1, 0.15) is 21.5 Å². The molecule has 1 heterocycles. The Balaban J connectivity index is 1.29. The van der Waals surface area contributed by atoms with Gasteiger partial charge in [-0.25, -0.2) is 4.99 Å². The van der Waals surface area contributed by atoms with Crippen LogP contribution in [-0.2, 0) is 16.9 Å². The molecule has 0 saturated carbocycles. The molecule has 0 aromatic heterocycles. The molecule has 1 aliphatic rings. The van der Waals surface area contributed by atoms with Crippen molar-refractivity contribution in [3.05, 3.63) is 95.6 Å². The number of aliphatic imine (C=N–C) groups is 1. The molecule has 3 aromatic rings. The summed E-state index contributed by atoms with van der Waals surface area (Å²) in [5.41, 5.74) is 10.0. The number of anilines is 2. The molecule has 6 heteroatoms. The minimum atomic E-state index is -0.181. The van der Waals surface area contributed by atoms with Crippen molar-refractivity contribution in [3.8, 4) is 0 Å². The maximum Gasteiger partial charge on any atom is 0.255 e. The first-order valence-electron chi connectivity index (χ1n) is 9.79. The van der Waals surface area contributed by atoms with E-state index in [0.717, 1.165) is 23.0 Å². The van der Waals surface area contributed by atoms with E-state index in [-0.39, 0.29) is 11.9 Å². The molecule has 1 amide bonds. The van der Waals surface area contributed by atoms with Gasteiger partial charge in [-0.15, -0.1) is 0 Å². The van der Waals surface area contributed by atoms with Gasteiger partial charge in [0.15, 0.2) is 0 Å². The van der Waals surface area contributed by atoms with Gasteiger partial charge in [0.25, 0.3) is 5.91 Å². The topological polar surface area (TPSA) is 76.7 Å². The highest BCUT2D eigenvalue weighted by atomic mass is 32.2. The summed E-state index contributed by atoms with van der Waals surface area (Å²) >= 11 is 1.58. The first-order chi connectivity index (χ1) is 14.7. The molecule has 0 unspecified atom stereocenters. The van der Waals surface area contributed by atoms with Gasteiger partial charge in [-0.3, -0.25) is 4.79 Å². The van der Waals surface area contributed by atoms with E-state index in [1.165, 1.54) is 5.56 Å². The van der Waals surface area contributed by atoms with Crippen molar-refractivity contribution in [3.63, 3.8) is 0 Å². The van der Waals surface area contributed by atoms with E-state index in [1.807, 2.05) is 54.6 Å². The lowest BCUT2D eigenvalue weighted by Crippen LogP contribution is -2.13. The van der Waals surface area contributed by atoms with Gasteiger partial charge in [-0.05, 0) is 41.8 Å². The Labute approximate surface area is 180 Å². The van der Waals surface area contributed by atoms with Crippen molar-refractivity contribution >= 4 is 34.3 Å². The van der Waals surface area contributed by atoms with Crippen LogP contribution in [0.15, 0.2) is 83.9 Å². The Morgan fingerprint density at radius 3 is 2.50 bits per heavy atom. The van der Waals surface area contributed by atoms with Crippen LogP contribution >= 0.6 is 11.8 Å². The summed E-state index contributed by atoms with van der Waals surface area (Å²) < 4.78 is 5.74. The molecule has 1 aliphatic heterocycles. The van der Waals surface area contributed by atoms with Crippen LogP contribution in [0, 0.1) is 0 Å². The van der Waals surface area contributed by atoms with E-state index in [1.54, 1.807) is 23.9 Å². The largest absolute Gasteiger partial charge is 0.471 e. The molecule has 0 aliphatic carbocycles. The van der Waals surface area contributed by atoms with Crippen LogP contribution in [0.2, 0.25) is 0 Å². The second kappa shape index (κ2) is 9.50. The fourth-order valence-electron chi connectivity index (χ4n) is 3.16. The van der Waals surface area contributed by atoms with E-state index < -0.39 is 0 Å². The molecule has 5 nitrogen and oxygen atoms in total. The summed E-state index contributed by atoms with van der Waals surface area (Å²) in [6, 6.07) is 25.3. The van der Waals surface area contributed by atoms with Gasteiger partial charge in [-0.1, -0.05) is 66.4 Å². The fraction of sp³-hybridized carbons (Fsp3) is 0.167. The molecule has 152 valence electrons. The molecule has 1 atom stereocenters. The number of nitrogen functional groups attached to an aromatic ring is 1. The second-order valence-electron chi connectivity index (χ2n) is 7.08. The maximum absolute atomic E-state index is 12.4. The summed E-state index contributed by atoms with van der Waals surface area (Å²) in [6.45, 7) is 0.624. The van der Waals surface area contributed by atoms with Gasteiger partial charge in [0, 0.05) is 11.3 Å². The number of amides is 1.